The second kappa shape index (κ2) is 12.3. The minimum absolute atomic E-state index is 0.0839. The van der Waals surface area contributed by atoms with Gasteiger partial charge in [-0.2, -0.15) is 0 Å². The molecular weight excluding hydrogens is 462 g/mol. The molecule has 0 bridgehead atoms. The van der Waals surface area contributed by atoms with Crippen LogP contribution in [0, 0.1) is 11.3 Å². The molecule has 0 saturated carbocycles. The van der Waals surface area contributed by atoms with Crippen LogP contribution in [0.5, 0.6) is 5.75 Å². The molecule has 1 aromatic carbocycles. The van der Waals surface area contributed by atoms with E-state index in [1.807, 2.05) is 52.4 Å². The van der Waals surface area contributed by atoms with Gasteiger partial charge in [-0.25, -0.2) is 4.98 Å². The SMILES string of the molecule is CC(NC(=O)C(NC(=O)c1cccc(OCc2nccn2C)c1)C(C)(C)C)C(=O)NC(C=O)C(C)C. The van der Waals surface area contributed by atoms with E-state index in [0.29, 0.717) is 17.6 Å². The number of aryl methyl sites for hydroxylation is 1. The number of ether oxygens (including phenoxy) is 1. The van der Waals surface area contributed by atoms with E-state index >= 15 is 0 Å². The van der Waals surface area contributed by atoms with Crippen molar-refractivity contribution in [1.82, 2.24) is 25.5 Å². The molecule has 36 heavy (non-hydrogen) atoms. The van der Waals surface area contributed by atoms with Gasteiger partial charge in [-0.3, -0.25) is 14.4 Å². The number of nitrogens with one attached hydrogen (secondary N) is 3. The molecule has 0 saturated heterocycles. The first-order chi connectivity index (χ1) is 16.8. The van der Waals surface area contributed by atoms with Crippen LogP contribution in [-0.4, -0.2) is 51.7 Å². The average molecular weight is 500 g/mol. The number of rotatable bonds is 11. The zero-order valence-corrected chi connectivity index (χ0v) is 22.0. The number of hydrogen-bond acceptors (Lipinski definition) is 6. The Morgan fingerprint density at radius 1 is 1.08 bits per heavy atom. The van der Waals surface area contributed by atoms with Gasteiger partial charge in [0.25, 0.3) is 5.91 Å². The molecule has 196 valence electrons. The maximum absolute atomic E-state index is 13.1. The third kappa shape index (κ3) is 7.93. The fourth-order valence-electron chi connectivity index (χ4n) is 3.31. The number of nitrogens with zero attached hydrogens (tertiary/aromatic N) is 2. The van der Waals surface area contributed by atoms with Crippen LogP contribution in [0.25, 0.3) is 0 Å². The topological polar surface area (TPSA) is 131 Å². The number of carbonyl (C=O) groups is 4. The number of aldehydes is 1. The summed E-state index contributed by atoms with van der Waals surface area (Å²) in [5.41, 5.74) is -0.322. The highest BCUT2D eigenvalue weighted by molar-refractivity contribution is 5.99. The highest BCUT2D eigenvalue weighted by atomic mass is 16.5. The first-order valence-electron chi connectivity index (χ1n) is 11.9. The Bertz CT molecular complexity index is 1070. The number of carbonyl (C=O) groups excluding carboxylic acids is 4. The number of benzene rings is 1. The van der Waals surface area contributed by atoms with Gasteiger partial charge in [0, 0.05) is 25.0 Å². The molecule has 1 aromatic heterocycles. The molecule has 0 fully saturated rings. The van der Waals surface area contributed by atoms with Crippen molar-refractivity contribution in [3.8, 4) is 5.75 Å². The van der Waals surface area contributed by atoms with Crippen molar-refractivity contribution in [2.24, 2.45) is 18.4 Å². The Hall–Kier alpha value is -3.69. The summed E-state index contributed by atoms with van der Waals surface area (Å²) < 4.78 is 7.61. The van der Waals surface area contributed by atoms with Crippen LogP contribution in [0.2, 0.25) is 0 Å². The Balaban J connectivity index is 2.07. The van der Waals surface area contributed by atoms with Crippen LogP contribution in [0.1, 0.15) is 57.7 Å². The molecular formula is C26H37N5O5. The zero-order valence-electron chi connectivity index (χ0n) is 22.0. The van der Waals surface area contributed by atoms with Gasteiger partial charge < -0.3 is 30.0 Å². The van der Waals surface area contributed by atoms with Gasteiger partial charge in [0.05, 0.1) is 6.04 Å². The van der Waals surface area contributed by atoms with Gasteiger partial charge in [-0.15, -0.1) is 0 Å². The number of imidazole rings is 1. The summed E-state index contributed by atoms with van der Waals surface area (Å²) in [6.07, 6.45) is 4.16. The fourth-order valence-corrected chi connectivity index (χ4v) is 3.31. The highest BCUT2D eigenvalue weighted by Crippen LogP contribution is 2.21. The lowest BCUT2D eigenvalue weighted by molar-refractivity contribution is -0.131. The molecule has 3 atom stereocenters. The minimum Gasteiger partial charge on any atom is -0.486 e. The third-order valence-corrected chi connectivity index (χ3v) is 5.71. The number of aromatic nitrogens is 2. The number of hydrogen-bond donors (Lipinski definition) is 3. The average Bonchev–Trinajstić information content (AvgIpc) is 3.22. The quantitative estimate of drug-likeness (QED) is 0.405. The molecule has 1 heterocycles. The van der Waals surface area contributed by atoms with E-state index in [1.165, 1.54) is 6.92 Å². The smallest absolute Gasteiger partial charge is 0.252 e. The Morgan fingerprint density at radius 2 is 1.78 bits per heavy atom. The van der Waals surface area contributed by atoms with Crippen LogP contribution in [0.3, 0.4) is 0 Å². The largest absolute Gasteiger partial charge is 0.486 e. The van der Waals surface area contributed by atoms with Crippen molar-refractivity contribution >= 4 is 24.0 Å². The molecule has 3 N–H and O–H groups in total. The zero-order chi connectivity index (χ0) is 27.0. The monoisotopic (exact) mass is 499 g/mol. The van der Waals surface area contributed by atoms with Crippen LogP contribution in [0.4, 0.5) is 0 Å². The summed E-state index contributed by atoms with van der Waals surface area (Å²) in [5, 5.41) is 8.05. The molecule has 2 rings (SSSR count). The van der Waals surface area contributed by atoms with Crippen LogP contribution in [0.15, 0.2) is 36.7 Å². The standard InChI is InChI=1S/C26H37N5O5/c1-16(2)20(14-32)29-23(33)17(3)28-25(35)22(26(4,5)6)30-24(34)18-9-8-10-19(13-18)36-15-21-27-11-12-31(21)7/h8-14,16-17,20,22H,15H2,1-7H3,(H,28,35)(H,29,33)(H,30,34). The predicted molar refractivity (Wildman–Crippen MR) is 135 cm³/mol. The lowest BCUT2D eigenvalue weighted by Crippen LogP contribution is -2.58. The van der Waals surface area contributed by atoms with Crippen LogP contribution in [-0.2, 0) is 28.0 Å². The van der Waals surface area contributed by atoms with Crippen molar-refractivity contribution in [3.05, 3.63) is 48.0 Å². The van der Waals surface area contributed by atoms with Gasteiger partial charge in [0.15, 0.2) is 0 Å². The van der Waals surface area contributed by atoms with Gasteiger partial charge in [-0.1, -0.05) is 40.7 Å². The molecule has 0 aliphatic heterocycles. The molecule has 10 nitrogen and oxygen atoms in total. The van der Waals surface area contributed by atoms with E-state index in [2.05, 4.69) is 20.9 Å². The van der Waals surface area contributed by atoms with Crippen LogP contribution < -0.4 is 20.7 Å². The summed E-state index contributed by atoms with van der Waals surface area (Å²) in [5.74, 6) is -0.300. The van der Waals surface area contributed by atoms with E-state index < -0.39 is 41.3 Å². The summed E-state index contributed by atoms with van der Waals surface area (Å²) in [7, 11) is 1.86. The molecule has 10 heteroatoms. The van der Waals surface area contributed by atoms with Gasteiger partial charge in [0.1, 0.15) is 36.6 Å². The molecule has 2 aromatic rings. The van der Waals surface area contributed by atoms with Crippen molar-refractivity contribution < 1.29 is 23.9 Å². The van der Waals surface area contributed by atoms with E-state index in [0.717, 1.165) is 5.82 Å². The second-order valence-electron chi connectivity index (χ2n) is 10.2. The first-order valence-corrected chi connectivity index (χ1v) is 11.9. The minimum atomic E-state index is -0.927. The summed E-state index contributed by atoms with van der Waals surface area (Å²) in [6, 6.07) is 4.17. The van der Waals surface area contributed by atoms with Gasteiger partial charge >= 0.3 is 0 Å². The normalized spacial score (nSPS) is 13.9. The maximum atomic E-state index is 13.1. The molecule has 0 aliphatic rings. The van der Waals surface area contributed by atoms with Crippen molar-refractivity contribution in [3.63, 3.8) is 0 Å². The summed E-state index contributed by atoms with van der Waals surface area (Å²) in [6.45, 7) is 10.8. The van der Waals surface area contributed by atoms with E-state index in [1.54, 1.807) is 30.5 Å². The van der Waals surface area contributed by atoms with E-state index in [9.17, 15) is 19.2 Å². The summed E-state index contributed by atoms with van der Waals surface area (Å²) >= 11 is 0. The first kappa shape index (κ1) is 28.5. The van der Waals surface area contributed by atoms with Gasteiger partial charge in [-0.05, 0) is 36.5 Å². The Kier molecular flexibility index (Phi) is 9.77. The fraction of sp³-hybridized carbons (Fsp3) is 0.500. The number of amides is 3. The Labute approximate surface area is 212 Å². The molecule has 0 radical (unpaired) electrons. The molecule has 0 aliphatic carbocycles. The van der Waals surface area contributed by atoms with Crippen LogP contribution >= 0.6 is 0 Å². The predicted octanol–water partition coefficient (Wildman–Crippen LogP) is 1.99. The molecule has 0 spiro atoms. The summed E-state index contributed by atoms with van der Waals surface area (Å²) in [4.78, 5) is 54.0. The lowest BCUT2D eigenvalue weighted by atomic mass is 9.85. The second-order valence-corrected chi connectivity index (χ2v) is 10.2. The van der Waals surface area contributed by atoms with Crippen molar-refractivity contribution in [2.75, 3.05) is 0 Å². The Morgan fingerprint density at radius 3 is 2.33 bits per heavy atom. The highest BCUT2D eigenvalue weighted by Gasteiger charge is 2.34. The van der Waals surface area contributed by atoms with Gasteiger partial charge in [0.2, 0.25) is 11.8 Å². The van der Waals surface area contributed by atoms with Crippen molar-refractivity contribution in [1.29, 1.82) is 0 Å². The third-order valence-electron chi connectivity index (χ3n) is 5.71. The van der Waals surface area contributed by atoms with E-state index in [-0.39, 0.29) is 12.5 Å². The van der Waals surface area contributed by atoms with Crippen molar-refractivity contribution in [2.45, 2.75) is 66.3 Å². The maximum Gasteiger partial charge on any atom is 0.252 e. The molecule has 3 unspecified atom stereocenters. The lowest BCUT2D eigenvalue weighted by Gasteiger charge is -2.31. The van der Waals surface area contributed by atoms with E-state index in [4.69, 9.17) is 4.74 Å². The molecule has 3 amide bonds.